The van der Waals surface area contributed by atoms with E-state index in [2.05, 4.69) is 0 Å². The van der Waals surface area contributed by atoms with Crippen molar-refractivity contribution in [3.8, 4) is 5.75 Å². The smallest absolute Gasteiger partial charge is 0.313 e. The van der Waals surface area contributed by atoms with Crippen LogP contribution in [0.15, 0.2) is 24.3 Å². The van der Waals surface area contributed by atoms with Crippen molar-refractivity contribution in [1.82, 2.24) is 4.90 Å². The zero-order valence-electron chi connectivity index (χ0n) is 12.1. The van der Waals surface area contributed by atoms with E-state index in [1.54, 1.807) is 24.0 Å². The van der Waals surface area contributed by atoms with Crippen LogP contribution in [-0.2, 0) is 14.3 Å². The molecule has 110 valence electrons. The third-order valence-corrected chi connectivity index (χ3v) is 3.20. The summed E-state index contributed by atoms with van der Waals surface area (Å²) >= 11 is 0. The van der Waals surface area contributed by atoms with Crippen molar-refractivity contribution in [3.05, 3.63) is 29.8 Å². The number of phenolic OH excluding ortho intramolecular Hbond substituents is 1. The largest absolute Gasteiger partial charge is 0.508 e. The minimum atomic E-state index is -0.472. The lowest BCUT2D eigenvalue weighted by Crippen LogP contribution is -2.34. The van der Waals surface area contributed by atoms with E-state index in [1.807, 2.05) is 13.8 Å². The van der Waals surface area contributed by atoms with Crippen LogP contribution in [0, 0.1) is 0 Å². The van der Waals surface area contributed by atoms with Gasteiger partial charge in [-0.1, -0.05) is 12.1 Å². The second kappa shape index (κ2) is 7.53. The highest BCUT2D eigenvalue weighted by Crippen LogP contribution is 2.19. The number of esters is 1. The molecule has 0 aliphatic rings. The van der Waals surface area contributed by atoms with Crippen molar-refractivity contribution in [1.29, 1.82) is 0 Å². The highest BCUT2D eigenvalue weighted by Gasteiger charge is 2.19. The molecule has 0 heterocycles. The molecule has 0 saturated carbocycles. The summed E-state index contributed by atoms with van der Waals surface area (Å²) in [4.78, 5) is 25.2. The molecule has 5 heteroatoms. The van der Waals surface area contributed by atoms with Gasteiger partial charge in [-0.3, -0.25) is 9.59 Å². The molecule has 0 fully saturated rings. The number of rotatable bonds is 6. The van der Waals surface area contributed by atoms with Crippen LogP contribution in [0.3, 0.4) is 0 Å². The van der Waals surface area contributed by atoms with Gasteiger partial charge in [-0.25, -0.2) is 0 Å². The van der Waals surface area contributed by atoms with Crippen LogP contribution in [0.5, 0.6) is 5.75 Å². The number of phenols is 1. The Morgan fingerprint density at radius 2 is 1.75 bits per heavy atom. The van der Waals surface area contributed by atoms with Gasteiger partial charge in [0.05, 0.1) is 5.92 Å². The Balaban J connectivity index is 2.54. The molecule has 1 aromatic rings. The second-order valence-electron chi connectivity index (χ2n) is 4.49. The number of amides is 1. The molecule has 0 spiro atoms. The molecule has 0 aromatic heterocycles. The van der Waals surface area contributed by atoms with Crippen LogP contribution in [0.1, 0.15) is 32.3 Å². The van der Waals surface area contributed by atoms with E-state index in [0.29, 0.717) is 13.1 Å². The first-order valence-corrected chi connectivity index (χ1v) is 6.72. The molecule has 1 N–H and O–H groups in total. The third-order valence-electron chi connectivity index (χ3n) is 3.20. The number of nitrogens with zero attached hydrogens (tertiary/aromatic N) is 1. The third kappa shape index (κ3) is 4.26. The number of hydrogen-bond donors (Lipinski definition) is 1. The van der Waals surface area contributed by atoms with Gasteiger partial charge >= 0.3 is 5.97 Å². The molecule has 1 atom stereocenters. The van der Waals surface area contributed by atoms with Crippen LogP contribution in [-0.4, -0.2) is 41.6 Å². The Kier molecular flexibility index (Phi) is 6.03. The Bertz CT molecular complexity index is 451. The van der Waals surface area contributed by atoms with Crippen LogP contribution < -0.4 is 0 Å². The van der Waals surface area contributed by atoms with Crippen LogP contribution in [0.2, 0.25) is 0 Å². The van der Waals surface area contributed by atoms with Crippen LogP contribution >= 0.6 is 0 Å². The van der Waals surface area contributed by atoms with Gasteiger partial charge in [0.2, 0.25) is 0 Å². The van der Waals surface area contributed by atoms with Crippen LogP contribution in [0.4, 0.5) is 0 Å². The number of ether oxygens (including phenoxy) is 1. The summed E-state index contributed by atoms with van der Waals surface area (Å²) in [5.41, 5.74) is 0.739. The molecule has 1 rings (SSSR count). The number of aromatic hydroxyl groups is 1. The van der Waals surface area contributed by atoms with E-state index in [1.165, 1.54) is 12.1 Å². The fourth-order valence-electron chi connectivity index (χ4n) is 1.82. The lowest BCUT2D eigenvalue weighted by molar-refractivity contribution is -0.152. The average Bonchev–Trinajstić information content (AvgIpc) is 2.46. The maximum absolute atomic E-state index is 11.9. The monoisotopic (exact) mass is 279 g/mol. The first-order valence-electron chi connectivity index (χ1n) is 6.72. The highest BCUT2D eigenvalue weighted by molar-refractivity contribution is 5.83. The number of benzene rings is 1. The minimum absolute atomic E-state index is 0.144. The van der Waals surface area contributed by atoms with Crippen molar-refractivity contribution in [2.75, 3.05) is 19.7 Å². The van der Waals surface area contributed by atoms with E-state index in [9.17, 15) is 14.7 Å². The van der Waals surface area contributed by atoms with Crippen molar-refractivity contribution >= 4 is 11.9 Å². The summed E-state index contributed by atoms with van der Waals surface area (Å²) in [5, 5.41) is 9.20. The maximum Gasteiger partial charge on any atom is 0.313 e. The molecular weight excluding hydrogens is 258 g/mol. The maximum atomic E-state index is 11.9. The Labute approximate surface area is 119 Å². The molecular formula is C15H21NO4. The molecule has 0 radical (unpaired) electrons. The molecule has 0 saturated heterocycles. The van der Waals surface area contributed by atoms with Gasteiger partial charge in [0.1, 0.15) is 5.75 Å². The predicted molar refractivity (Wildman–Crippen MR) is 75.4 cm³/mol. The van der Waals surface area contributed by atoms with Crippen molar-refractivity contribution < 1.29 is 19.4 Å². The molecule has 0 aliphatic heterocycles. The first kappa shape index (κ1) is 16.0. The molecule has 0 aliphatic carbocycles. The normalized spacial score (nSPS) is 11.8. The molecule has 1 aromatic carbocycles. The van der Waals surface area contributed by atoms with E-state index < -0.39 is 11.9 Å². The molecule has 20 heavy (non-hydrogen) atoms. The standard InChI is InChI=1S/C15H21NO4/c1-4-16(5-2)14(18)10-20-15(19)11(3)12-6-8-13(17)9-7-12/h6-9,11,17H,4-5,10H2,1-3H3. The van der Waals surface area contributed by atoms with E-state index in [-0.39, 0.29) is 18.3 Å². The molecule has 5 nitrogen and oxygen atoms in total. The predicted octanol–water partition coefficient (Wildman–Crippen LogP) is 1.91. The highest BCUT2D eigenvalue weighted by atomic mass is 16.5. The minimum Gasteiger partial charge on any atom is -0.508 e. The number of carbonyl (C=O) groups excluding carboxylic acids is 2. The van der Waals surface area contributed by atoms with Gasteiger partial charge in [0.25, 0.3) is 5.91 Å². The van der Waals surface area contributed by atoms with E-state index >= 15 is 0 Å². The topological polar surface area (TPSA) is 66.8 Å². The molecule has 1 unspecified atom stereocenters. The summed E-state index contributed by atoms with van der Waals surface area (Å²) in [6.07, 6.45) is 0. The van der Waals surface area contributed by atoms with Crippen molar-refractivity contribution in [2.45, 2.75) is 26.7 Å². The quantitative estimate of drug-likeness (QED) is 0.808. The zero-order valence-corrected chi connectivity index (χ0v) is 12.1. The van der Waals surface area contributed by atoms with Gasteiger partial charge in [-0.2, -0.15) is 0 Å². The fraction of sp³-hybridized carbons (Fsp3) is 0.467. The van der Waals surface area contributed by atoms with Crippen LogP contribution in [0.25, 0.3) is 0 Å². The second-order valence-corrected chi connectivity index (χ2v) is 4.49. The molecule has 0 bridgehead atoms. The number of hydrogen-bond acceptors (Lipinski definition) is 4. The zero-order chi connectivity index (χ0) is 15.1. The van der Waals surface area contributed by atoms with Crippen molar-refractivity contribution in [3.63, 3.8) is 0 Å². The Morgan fingerprint density at radius 3 is 2.25 bits per heavy atom. The number of carbonyl (C=O) groups is 2. The SMILES string of the molecule is CCN(CC)C(=O)COC(=O)C(C)c1ccc(O)cc1. The van der Waals surface area contributed by atoms with E-state index in [0.717, 1.165) is 5.56 Å². The van der Waals surface area contributed by atoms with Gasteiger partial charge in [0.15, 0.2) is 6.61 Å². The first-order chi connectivity index (χ1) is 9.49. The lowest BCUT2D eigenvalue weighted by Gasteiger charge is -2.19. The van der Waals surface area contributed by atoms with Gasteiger partial charge < -0.3 is 14.7 Å². The Hall–Kier alpha value is -2.04. The van der Waals surface area contributed by atoms with Gasteiger partial charge in [-0.15, -0.1) is 0 Å². The lowest BCUT2D eigenvalue weighted by atomic mass is 10.0. The summed E-state index contributed by atoms with van der Waals surface area (Å²) in [6, 6.07) is 6.35. The Morgan fingerprint density at radius 1 is 1.20 bits per heavy atom. The summed E-state index contributed by atoms with van der Waals surface area (Å²) in [7, 11) is 0. The average molecular weight is 279 g/mol. The summed E-state index contributed by atoms with van der Waals surface area (Å²) < 4.78 is 5.04. The summed E-state index contributed by atoms with van der Waals surface area (Å²) in [6.45, 7) is 6.42. The van der Waals surface area contributed by atoms with Crippen molar-refractivity contribution in [2.24, 2.45) is 0 Å². The fourth-order valence-corrected chi connectivity index (χ4v) is 1.82. The van der Waals surface area contributed by atoms with Gasteiger partial charge in [0, 0.05) is 13.1 Å². The van der Waals surface area contributed by atoms with E-state index in [4.69, 9.17) is 4.74 Å². The number of likely N-dealkylation sites (N-methyl/N-ethyl adjacent to an activating group) is 1. The van der Waals surface area contributed by atoms with Gasteiger partial charge in [-0.05, 0) is 38.5 Å². The summed E-state index contributed by atoms with van der Waals surface area (Å²) in [5.74, 6) is -0.969. The molecule has 1 amide bonds.